The molecule has 0 bridgehead atoms. The average Bonchev–Trinajstić information content (AvgIpc) is 3.14. The maximum Gasteiger partial charge on any atom is 0.250 e. The Morgan fingerprint density at radius 3 is 2.50 bits per heavy atom. The molecular formula is C21H23N5OS. The molecule has 1 N–H and O–H groups in total. The zero-order valence-electron chi connectivity index (χ0n) is 16.2. The van der Waals surface area contributed by atoms with Crippen molar-refractivity contribution >= 4 is 23.4 Å². The molecule has 0 spiro atoms. The number of nitrogens with zero attached hydrogens (tertiary/aromatic N) is 4. The van der Waals surface area contributed by atoms with Crippen LogP contribution in [0.15, 0.2) is 64.9 Å². The van der Waals surface area contributed by atoms with E-state index in [4.69, 9.17) is 0 Å². The summed E-state index contributed by atoms with van der Waals surface area (Å²) in [7, 11) is 0. The van der Waals surface area contributed by atoms with E-state index in [0.29, 0.717) is 0 Å². The summed E-state index contributed by atoms with van der Waals surface area (Å²) in [5, 5.41) is 13.5. The molecule has 1 amide bonds. The molecule has 0 aliphatic carbocycles. The van der Waals surface area contributed by atoms with E-state index in [-0.39, 0.29) is 11.7 Å². The maximum atomic E-state index is 12.2. The zero-order chi connectivity index (χ0) is 19.9. The third kappa shape index (κ3) is 4.86. The molecule has 0 aliphatic rings. The summed E-state index contributed by atoms with van der Waals surface area (Å²) in [5.74, 6) is 0.851. The van der Waals surface area contributed by atoms with Gasteiger partial charge in [-0.2, -0.15) is 5.10 Å². The van der Waals surface area contributed by atoms with Crippen LogP contribution in [0.1, 0.15) is 25.0 Å². The van der Waals surface area contributed by atoms with Crippen molar-refractivity contribution in [1.29, 1.82) is 0 Å². The topological polar surface area (TPSA) is 72.2 Å². The van der Waals surface area contributed by atoms with Crippen LogP contribution in [-0.4, -0.2) is 32.1 Å². The molecule has 0 unspecified atom stereocenters. The first-order chi connectivity index (χ1) is 13.6. The largest absolute Gasteiger partial charge is 0.302 e. The number of benzene rings is 2. The molecule has 0 aliphatic heterocycles. The summed E-state index contributed by atoms with van der Waals surface area (Å²) in [6.07, 6.45) is 0. The second-order valence-electron chi connectivity index (χ2n) is 6.30. The number of hydrogen-bond donors (Lipinski definition) is 1. The van der Waals surface area contributed by atoms with E-state index in [1.807, 2.05) is 60.9 Å². The number of hydrazone groups is 1. The maximum absolute atomic E-state index is 12.2. The van der Waals surface area contributed by atoms with Crippen molar-refractivity contribution in [2.24, 2.45) is 5.10 Å². The molecule has 2 aromatic carbocycles. The number of amides is 1. The molecule has 3 aromatic rings. The number of aryl methyl sites for hydroxylation is 1. The Bertz CT molecular complexity index is 964. The van der Waals surface area contributed by atoms with Gasteiger partial charge in [-0.3, -0.25) is 4.79 Å². The van der Waals surface area contributed by atoms with Crippen LogP contribution in [0.3, 0.4) is 0 Å². The van der Waals surface area contributed by atoms with E-state index in [9.17, 15) is 4.79 Å². The van der Waals surface area contributed by atoms with Crippen molar-refractivity contribution in [2.45, 2.75) is 32.5 Å². The van der Waals surface area contributed by atoms with Crippen molar-refractivity contribution in [3.8, 4) is 11.4 Å². The van der Waals surface area contributed by atoms with Gasteiger partial charge in [-0.15, -0.1) is 10.2 Å². The van der Waals surface area contributed by atoms with Crippen LogP contribution in [0.2, 0.25) is 0 Å². The number of hydrogen-bond acceptors (Lipinski definition) is 5. The fourth-order valence-electron chi connectivity index (χ4n) is 2.65. The molecule has 144 valence electrons. The summed E-state index contributed by atoms with van der Waals surface area (Å²) in [6, 6.07) is 17.9. The fraction of sp³-hybridized carbons (Fsp3) is 0.238. The highest BCUT2D eigenvalue weighted by molar-refractivity contribution is 7.99. The fourth-order valence-corrected chi connectivity index (χ4v) is 3.44. The molecular weight excluding hydrogens is 370 g/mol. The minimum Gasteiger partial charge on any atom is -0.302 e. The lowest BCUT2D eigenvalue weighted by Gasteiger charge is -2.07. The SMILES string of the molecule is CCn1c(SCC(=O)N/N=C(/C)c2ccccc2)nnc1-c1ccc(C)cc1. The van der Waals surface area contributed by atoms with Gasteiger partial charge in [-0.1, -0.05) is 71.9 Å². The Morgan fingerprint density at radius 2 is 1.82 bits per heavy atom. The van der Waals surface area contributed by atoms with Crippen molar-refractivity contribution in [2.75, 3.05) is 5.75 Å². The van der Waals surface area contributed by atoms with Gasteiger partial charge in [0, 0.05) is 12.1 Å². The van der Waals surface area contributed by atoms with Gasteiger partial charge in [-0.25, -0.2) is 5.43 Å². The Hall–Kier alpha value is -2.93. The standard InChI is InChI=1S/C21H23N5OS/c1-4-26-20(18-12-10-15(2)11-13-18)24-25-21(26)28-14-19(27)23-22-16(3)17-8-6-5-7-9-17/h5-13H,4,14H2,1-3H3,(H,23,27)/b22-16-. The lowest BCUT2D eigenvalue weighted by atomic mass is 10.1. The number of nitrogens with one attached hydrogen (secondary N) is 1. The zero-order valence-corrected chi connectivity index (χ0v) is 17.0. The number of rotatable bonds is 7. The minimum absolute atomic E-state index is 0.178. The van der Waals surface area contributed by atoms with Crippen LogP contribution in [0, 0.1) is 6.92 Å². The predicted octanol–water partition coefficient (Wildman–Crippen LogP) is 3.91. The summed E-state index contributed by atoms with van der Waals surface area (Å²) in [4.78, 5) is 12.2. The van der Waals surface area contributed by atoms with Crippen LogP contribution in [-0.2, 0) is 11.3 Å². The van der Waals surface area contributed by atoms with Gasteiger partial charge in [0.25, 0.3) is 5.91 Å². The van der Waals surface area contributed by atoms with Crippen molar-refractivity contribution < 1.29 is 4.79 Å². The van der Waals surface area contributed by atoms with Gasteiger partial charge in [-0.05, 0) is 26.3 Å². The monoisotopic (exact) mass is 393 g/mol. The molecule has 3 rings (SSSR count). The summed E-state index contributed by atoms with van der Waals surface area (Å²) in [6.45, 7) is 6.69. The molecule has 0 saturated carbocycles. The van der Waals surface area contributed by atoms with Crippen molar-refractivity contribution in [1.82, 2.24) is 20.2 Å². The van der Waals surface area contributed by atoms with E-state index < -0.39 is 0 Å². The van der Waals surface area contributed by atoms with Crippen LogP contribution in [0.25, 0.3) is 11.4 Å². The first kappa shape index (κ1) is 19.8. The summed E-state index contributed by atoms with van der Waals surface area (Å²) in [5.41, 5.74) is 6.55. The molecule has 0 saturated heterocycles. The van der Waals surface area contributed by atoms with Crippen molar-refractivity contribution in [3.63, 3.8) is 0 Å². The van der Waals surface area contributed by atoms with Gasteiger partial charge in [0.1, 0.15) is 0 Å². The van der Waals surface area contributed by atoms with Gasteiger partial charge in [0.15, 0.2) is 11.0 Å². The van der Waals surface area contributed by atoms with Crippen molar-refractivity contribution in [3.05, 3.63) is 65.7 Å². The smallest absolute Gasteiger partial charge is 0.250 e. The lowest BCUT2D eigenvalue weighted by molar-refractivity contribution is -0.118. The Kier molecular flexibility index (Phi) is 6.60. The predicted molar refractivity (Wildman–Crippen MR) is 113 cm³/mol. The number of carbonyl (C=O) groups is 1. The first-order valence-corrected chi connectivity index (χ1v) is 10.1. The van der Waals surface area contributed by atoms with Gasteiger partial charge < -0.3 is 4.57 Å². The third-order valence-electron chi connectivity index (χ3n) is 4.22. The quantitative estimate of drug-likeness (QED) is 0.375. The van der Waals surface area contributed by atoms with Crippen LogP contribution in [0.5, 0.6) is 0 Å². The molecule has 1 aromatic heterocycles. The Morgan fingerprint density at radius 1 is 1.11 bits per heavy atom. The average molecular weight is 394 g/mol. The van der Waals surface area contributed by atoms with E-state index in [0.717, 1.165) is 34.4 Å². The van der Waals surface area contributed by atoms with E-state index >= 15 is 0 Å². The van der Waals surface area contributed by atoms with Gasteiger partial charge in [0.2, 0.25) is 0 Å². The molecule has 28 heavy (non-hydrogen) atoms. The van der Waals surface area contributed by atoms with E-state index in [2.05, 4.69) is 39.8 Å². The highest BCUT2D eigenvalue weighted by Gasteiger charge is 2.14. The molecule has 6 nitrogen and oxygen atoms in total. The highest BCUT2D eigenvalue weighted by Crippen LogP contribution is 2.24. The number of aromatic nitrogens is 3. The van der Waals surface area contributed by atoms with Crippen LogP contribution in [0.4, 0.5) is 0 Å². The number of thioether (sulfide) groups is 1. The first-order valence-electron chi connectivity index (χ1n) is 9.10. The summed E-state index contributed by atoms with van der Waals surface area (Å²) < 4.78 is 2.01. The van der Waals surface area contributed by atoms with Crippen LogP contribution >= 0.6 is 11.8 Å². The Labute approximate surface area is 169 Å². The Balaban J connectivity index is 1.63. The molecule has 7 heteroatoms. The highest BCUT2D eigenvalue weighted by atomic mass is 32.2. The second-order valence-corrected chi connectivity index (χ2v) is 7.25. The number of carbonyl (C=O) groups excluding carboxylic acids is 1. The molecule has 0 fully saturated rings. The van der Waals surface area contributed by atoms with Gasteiger partial charge in [0.05, 0.1) is 11.5 Å². The third-order valence-corrected chi connectivity index (χ3v) is 5.18. The van der Waals surface area contributed by atoms with Crippen LogP contribution < -0.4 is 5.43 Å². The second kappa shape index (κ2) is 9.32. The molecule has 1 heterocycles. The summed E-state index contributed by atoms with van der Waals surface area (Å²) >= 11 is 1.35. The normalized spacial score (nSPS) is 11.5. The molecule has 0 radical (unpaired) electrons. The lowest BCUT2D eigenvalue weighted by Crippen LogP contribution is -2.21. The van der Waals surface area contributed by atoms with E-state index in [1.54, 1.807) is 0 Å². The van der Waals surface area contributed by atoms with Gasteiger partial charge >= 0.3 is 0 Å². The van der Waals surface area contributed by atoms with E-state index in [1.165, 1.54) is 17.3 Å². The molecule has 0 atom stereocenters. The minimum atomic E-state index is -0.178.